The summed E-state index contributed by atoms with van der Waals surface area (Å²) in [7, 11) is 0. The Hall–Kier alpha value is -1.67. The predicted molar refractivity (Wildman–Crippen MR) is 79.6 cm³/mol. The third kappa shape index (κ3) is 3.67. The van der Waals surface area contributed by atoms with E-state index in [-0.39, 0.29) is 11.8 Å². The number of nitrogens with two attached hydrogens (primary N) is 1. The number of anilines is 1. The summed E-state index contributed by atoms with van der Waals surface area (Å²) in [4.78, 5) is 11.3. The fraction of sp³-hybridized carbons (Fsp3) is 0.583. The molecule has 0 saturated carbocycles. The van der Waals surface area contributed by atoms with Crippen LogP contribution in [0.25, 0.3) is 0 Å². The average molecular weight is 297 g/mol. The van der Waals surface area contributed by atoms with Crippen LogP contribution in [0.15, 0.2) is 6.20 Å². The van der Waals surface area contributed by atoms with Crippen molar-refractivity contribution < 1.29 is 9.53 Å². The second-order valence-corrected chi connectivity index (χ2v) is 4.99. The number of carbonyl (C=O) groups is 1. The molecule has 0 aliphatic carbocycles. The summed E-state index contributed by atoms with van der Waals surface area (Å²) < 4.78 is 7.13. The molecule has 7 nitrogen and oxygen atoms in total. The van der Waals surface area contributed by atoms with E-state index in [0.29, 0.717) is 23.9 Å². The van der Waals surface area contributed by atoms with Crippen molar-refractivity contribution in [1.82, 2.24) is 15.1 Å². The van der Waals surface area contributed by atoms with Crippen LogP contribution in [0.3, 0.4) is 0 Å². The van der Waals surface area contributed by atoms with Crippen molar-refractivity contribution in [2.24, 2.45) is 5.73 Å². The summed E-state index contributed by atoms with van der Waals surface area (Å²) in [6, 6.07) is 0. The molecule has 4 N–H and O–H groups in total. The normalized spacial score (nSPS) is 17.9. The molecule has 8 heteroatoms. The van der Waals surface area contributed by atoms with Gasteiger partial charge in [0, 0.05) is 25.9 Å². The van der Waals surface area contributed by atoms with Gasteiger partial charge in [0.1, 0.15) is 0 Å². The van der Waals surface area contributed by atoms with E-state index in [2.05, 4.69) is 15.7 Å². The van der Waals surface area contributed by atoms with Gasteiger partial charge in [-0.2, -0.15) is 5.10 Å². The highest BCUT2D eigenvalue weighted by molar-refractivity contribution is 7.80. The SMILES string of the molecule is CCn1cc(NC(=S)NCC2CCCO2)c(C(N)=O)n1. The lowest BCUT2D eigenvalue weighted by molar-refractivity contribution is 0.0995. The highest BCUT2D eigenvalue weighted by atomic mass is 32.1. The Morgan fingerprint density at radius 2 is 2.50 bits per heavy atom. The van der Waals surface area contributed by atoms with E-state index in [4.69, 9.17) is 22.7 Å². The number of rotatable bonds is 5. The van der Waals surface area contributed by atoms with Gasteiger partial charge in [0.05, 0.1) is 11.8 Å². The first-order valence-corrected chi connectivity index (χ1v) is 7.04. The predicted octanol–water partition coefficient (Wildman–Crippen LogP) is 0.467. The number of thiocarbonyl (C=S) groups is 1. The number of ether oxygens (including phenoxy) is 1. The van der Waals surface area contributed by atoms with E-state index < -0.39 is 5.91 Å². The highest BCUT2D eigenvalue weighted by Crippen LogP contribution is 2.14. The van der Waals surface area contributed by atoms with Gasteiger partial charge in [-0.15, -0.1) is 0 Å². The Balaban J connectivity index is 1.92. The van der Waals surface area contributed by atoms with Crippen LogP contribution in [0.2, 0.25) is 0 Å². The van der Waals surface area contributed by atoms with Gasteiger partial charge in [-0.1, -0.05) is 0 Å². The van der Waals surface area contributed by atoms with Crippen molar-refractivity contribution in [3.8, 4) is 0 Å². The summed E-state index contributed by atoms with van der Waals surface area (Å²) in [5.41, 5.74) is 6.00. The van der Waals surface area contributed by atoms with Gasteiger partial charge in [0.2, 0.25) is 0 Å². The second kappa shape index (κ2) is 6.67. The van der Waals surface area contributed by atoms with E-state index in [0.717, 1.165) is 19.4 Å². The molecular weight excluding hydrogens is 278 g/mol. The second-order valence-electron chi connectivity index (χ2n) is 4.58. The fourth-order valence-electron chi connectivity index (χ4n) is 2.04. The van der Waals surface area contributed by atoms with Crippen LogP contribution >= 0.6 is 12.2 Å². The quantitative estimate of drug-likeness (QED) is 0.684. The number of carbonyl (C=O) groups excluding carboxylic acids is 1. The maximum atomic E-state index is 11.3. The Bertz CT molecular complexity index is 496. The molecule has 1 saturated heterocycles. The van der Waals surface area contributed by atoms with E-state index in [1.807, 2.05) is 6.92 Å². The van der Waals surface area contributed by atoms with Crippen molar-refractivity contribution >= 4 is 28.9 Å². The minimum Gasteiger partial charge on any atom is -0.376 e. The smallest absolute Gasteiger partial charge is 0.271 e. The average Bonchev–Trinajstić information content (AvgIpc) is 3.05. The Morgan fingerprint density at radius 3 is 3.10 bits per heavy atom. The zero-order chi connectivity index (χ0) is 14.5. The highest BCUT2D eigenvalue weighted by Gasteiger charge is 2.17. The van der Waals surface area contributed by atoms with Crippen LogP contribution in [0.5, 0.6) is 0 Å². The summed E-state index contributed by atoms with van der Waals surface area (Å²) in [5, 5.41) is 10.5. The maximum Gasteiger partial charge on any atom is 0.271 e. The Morgan fingerprint density at radius 1 is 1.70 bits per heavy atom. The molecule has 0 radical (unpaired) electrons. The lowest BCUT2D eigenvalue weighted by atomic mass is 10.2. The molecule has 0 spiro atoms. The van der Waals surface area contributed by atoms with Gasteiger partial charge in [-0.3, -0.25) is 9.48 Å². The molecule has 0 bridgehead atoms. The molecular formula is C12H19N5O2S. The van der Waals surface area contributed by atoms with Crippen molar-refractivity contribution in [2.45, 2.75) is 32.4 Å². The summed E-state index contributed by atoms with van der Waals surface area (Å²) >= 11 is 5.20. The Kier molecular flexibility index (Phi) is 4.91. The minimum absolute atomic E-state index is 0.188. The molecule has 2 rings (SSSR count). The first-order valence-electron chi connectivity index (χ1n) is 6.64. The van der Waals surface area contributed by atoms with Crippen LogP contribution in [-0.2, 0) is 11.3 Å². The largest absolute Gasteiger partial charge is 0.376 e. The third-order valence-corrected chi connectivity index (χ3v) is 3.33. The summed E-state index contributed by atoms with van der Waals surface area (Å²) in [5.74, 6) is -0.582. The molecule has 110 valence electrons. The van der Waals surface area contributed by atoms with Gasteiger partial charge in [-0.25, -0.2) is 0 Å². The van der Waals surface area contributed by atoms with Crippen molar-refractivity contribution in [3.05, 3.63) is 11.9 Å². The lowest BCUT2D eigenvalue weighted by Crippen LogP contribution is -2.35. The molecule has 20 heavy (non-hydrogen) atoms. The van der Waals surface area contributed by atoms with Gasteiger partial charge >= 0.3 is 0 Å². The Labute approximate surface area is 122 Å². The molecule has 1 amide bonds. The molecule has 1 aliphatic heterocycles. The van der Waals surface area contributed by atoms with Crippen LogP contribution < -0.4 is 16.4 Å². The molecule has 1 fully saturated rings. The van der Waals surface area contributed by atoms with Gasteiger partial charge in [0.15, 0.2) is 10.8 Å². The molecule has 2 heterocycles. The number of hydrogen-bond acceptors (Lipinski definition) is 4. The minimum atomic E-state index is -0.582. The first-order chi connectivity index (χ1) is 9.60. The molecule has 1 aromatic rings. The third-order valence-electron chi connectivity index (χ3n) is 3.08. The summed E-state index contributed by atoms with van der Waals surface area (Å²) in [6.07, 6.45) is 4.03. The molecule has 0 aromatic carbocycles. The monoisotopic (exact) mass is 297 g/mol. The zero-order valence-electron chi connectivity index (χ0n) is 11.4. The molecule has 1 atom stereocenters. The van der Waals surface area contributed by atoms with Crippen molar-refractivity contribution in [2.75, 3.05) is 18.5 Å². The number of primary amides is 1. The number of aryl methyl sites for hydroxylation is 1. The number of aromatic nitrogens is 2. The standard InChI is InChI=1S/C12H19N5O2S/c1-2-17-7-9(10(16-17)11(13)18)15-12(20)14-6-8-4-3-5-19-8/h7-8H,2-6H2,1H3,(H2,13,18)(H2,14,15,20). The van der Waals surface area contributed by atoms with Crippen LogP contribution in [0, 0.1) is 0 Å². The van der Waals surface area contributed by atoms with E-state index in [1.165, 1.54) is 0 Å². The fourth-order valence-corrected chi connectivity index (χ4v) is 2.23. The van der Waals surface area contributed by atoms with Crippen molar-refractivity contribution in [1.29, 1.82) is 0 Å². The van der Waals surface area contributed by atoms with Crippen molar-refractivity contribution in [3.63, 3.8) is 0 Å². The first kappa shape index (κ1) is 14.7. The van der Waals surface area contributed by atoms with Gasteiger partial charge in [-0.05, 0) is 32.0 Å². The topological polar surface area (TPSA) is 94.2 Å². The summed E-state index contributed by atoms with van der Waals surface area (Å²) in [6.45, 7) is 4.04. The lowest BCUT2D eigenvalue weighted by Gasteiger charge is -2.13. The number of nitrogens with one attached hydrogen (secondary N) is 2. The molecule has 1 unspecified atom stereocenters. The van der Waals surface area contributed by atoms with Crippen LogP contribution in [0.1, 0.15) is 30.3 Å². The van der Waals surface area contributed by atoms with Gasteiger partial charge in [0.25, 0.3) is 5.91 Å². The van der Waals surface area contributed by atoms with Crippen LogP contribution in [0.4, 0.5) is 5.69 Å². The van der Waals surface area contributed by atoms with E-state index in [1.54, 1.807) is 10.9 Å². The van der Waals surface area contributed by atoms with Crippen LogP contribution in [-0.4, -0.2) is 40.1 Å². The number of hydrogen-bond donors (Lipinski definition) is 3. The van der Waals surface area contributed by atoms with Gasteiger partial charge < -0.3 is 21.1 Å². The van der Waals surface area contributed by atoms with E-state index in [9.17, 15) is 4.79 Å². The molecule has 1 aromatic heterocycles. The zero-order valence-corrected chi connectivity index (χ0v) is 12.2. The number of nitrogens with zero attached hydrogens (tertiary/aromatic N) is 2. The molecule has 1 aliphatic rings. The van der Waals surface area contributed by atoms with E-state index >= 15 is 0 Å². The number of amides is 1. The maximum absolute atomic E-state index is 11.3.